The summed E-state index contributed by atoms with van der Waals surface area (Å²) < 4.78 is 0. The molecule has 1 aliphatic heterocycles. The van der Waals surface area contributed by atoms with E-state index >= 15 is 0 Å². The van der Waals surface area contributed by atoms with Crippen LogP contribution in [0.15, 0.2) is 6.07 Å². The van der Waals surface area contributed by atoms with E-state index in [1.807, 2.05) is 0 Å². The number of benzene rings is 1. The Labute approximate surface area is 120 Å². The molecule has 94 valence electrons. The Morgan fingerprint density at radius 3 is 2.47 bits per heavy atom. The molecule has 0 radical (unpaired) electrons. The van der Waals surface area contributed by atoms with Crippen molar-refractivity contribution in [1.29, 1.82) is 0 Å². The molecule has 2 atom stereocenters. The summed E-state index contributed by atoms with van der Waals surface area (Å²) in [6.07, 6.45) is 1.14. The predicted molar refractivity (Wildman–Crippen MR) is 72.5 cm³/mol. The van der Waals surface area contributed by atoms with Crippen molar-refractivity contribution in [2.45, 2.75) is 25.0 Å². The molecular weight excluding hydrogens is 304 g/mol. The summed E-state index contributed by atoms with van der Waals surface area (Å²) in [5.41, 5.74) is 0.446. The van der Waals surface area contributed by atoms with E-state index < -0.39 is 6.10 Å². The molecule has 2 nitrogen and oxygen atoms in total. The molecule has 1 heterocycles. The maximum Gasteiger partial charge on any atom is 0.0972 e. The molecule has 0 amide bonds. The van der Waals surface area contributed by atoms with Gasteiger partial charge in [-0.1, -0.05) is 46.4 Å². The van der Waals surface area contributed by atoms with Gasteiger partial charge in [-0.15, -0.1) is 0 Å². The Hall–Kier alpha value is 0.300. The molecule has 0 aromatic heterocycles. The van der Waals surface area contributed by atoms with Crippen molar-refractivity contribution < 1.29 is 5.11 Å². The van der Waals surface area contributed by atoms with Crippen LogP contribution in [0.5, 0.6) is 0 Å². The SMILES string of the molecule is OC(c1c(Cl)cc(Cl)c(Cl)c1Cl)C1CCCN1. The van der Waals surface area contributed by atoms with Crippen LogP contribution in [0.1, 0.15) is 24.5 Å². The average molecular weight is 315 g/mol. The fourth-order valence-corrected chi connectivity index (χ4v) is 3.18. The summed E-state index contributed by atoms with van der Waals surface area (Å²) in [4.78, 5) is 0. The van der Waals surface area contributed by atoms with Crippen molar-refractivity contribution in [2.75, 3.05) is 6.54 Å². The van der Waals surface area contributed by atoms with E-state index in [-0.39, 0.29) is 21.1 Å². The molecule has 0 spiro atoms. The number of aliphatic hydroxyl groups excluding tert-OH is 1. The van der Waals surface area contributed by atoms with Gasteiger partial charge in [0, 0.05) is 16.6 Å². The van der Waals surface area contributed by atoms with Crippen LogP contribution >= 0.6 is 46.4 Å². The minimum Gasteiger partial charge on any atom is -0.387 e. The van der Waals surface area contributed by atoms with E-state index in [9.17, 15) is 5.11 Å². The van der Waals surface area contributed by atoms with Crippen molar-refractivity contribution in [3.05, 3.63) is 31.7 Å². The highest BCUT2D eigenvalue weighted by atomic mass is 35.5. The van der Waals surface area contributed by atoms with Gasteiger partial charge in [-0.25, -0.2) is 0 Å². The summed E-state index contributed by atoms with van der Waals surface area (Å²) >= 11 is 24.0. The molecule has 1 aliphatic rings. The number of nitrogens with one attached hydrogen (secondary N) is 1. The van der Waals surface area contributed by atoms with Gasteiger partial charge in [-0.3, -0.25) is 0 Å². The summed E-state index contributed by atoms with van der Waals surface area (Å²) in [7, 11) is 0. The molecule has 6 heteroatoms. The molecule has 2 unspecified atom stereocenters. The van der Waals surface area contributed by atoms with Crippen molar-refractivity contribution in [3.8, 4) is 0 Å². The van der Waals surface area contributed by atoms with Gasteiger partial charge in [-0.05, 0) is 25.5 Å². The summed E-state index contributed by atoms with van der Waals surface area (Å²) in [6.45, 7) is 0.887. The van der Waals surface area contributed by atoms with E-state index in [2.05, 4.69) is 5.32 Å². The minimum atomic E-state index is -0.771. The molecule has 2 rings (SSSR count). The first-order valence-corrected chi connectivity index (χ1v) is 6.78. The van der Waals surface area contributed by atoms with Crippen LogP contribution in [0.3, 0.4) is 0 Å². The third-order valence-corrected chi connectivity index (χ3v) is 4.51. The second-order valence-electron chi connectivity index (χ2n) is 4.03. The molecule has 0 aliphatic carbocycles. The van der Waals surface area contributed by atoms with E-state index in [4.69, 9.17) is 46.4 Å². The Kier molecular flexibility index (Phi) is 4.45. The number of hydrogen-bond donors (Lipinski definition) is 2. The van der Waals surface area contributed by atoms with Crippen LogP contribution in [0.4, 0.5) is 0 Å². The molecule has 17 heavy (non-hydrogen) atoms. The van der Waals surface area contributed by atoms with Gasteiger partial charge < -0.3 is 10.4 Å². The summed E-state index contributed by atoms with van der Waals surface area (Å²) in [6, 6.07) is 1.47. The van der Waals surface area contributed by atoms with Crippen LogP contribution < -0.4 is 5.32 Å². The number of aliphatic hydroxyl groups is 1. The minimum absolute atomic E-state index is 0.0396. The third kappa shape index (κ3) is 2.67. The second-order valence-corrected chi connectivity index (χ2v) is 5.60. The standard InChI is InChI=1S/C11H11Cl4NO/c12-5-4-6(13)9(14)10(15)8(5)11(17)7-2-1-3-16-7/h4,7,11,16-17H,1-3H2. The Balaban J connectivity index is 2.40. The first kappa shape index (κ1) is 13.7. The van der Waals surface area contributed by atoms with Crippen molar-refractivity contribution in [1.82, 2.24) is 5.32 Å². The lowest BCUT2D eigenvalue weighted by molar-refractivity contribution is 0.137. The Morgan fingerprint density at radius 2 is 1.88 bits per heavy atom. The van der Waals surface area contributed by atoms with Crippen molar-refractivity contribution in [3.63, 3.8) is 0 Å². The maximum absolute atomic E-state index is 10.3. The lowest BCUT2D eigenvalue weighted by atomic mass is 10.0. The smallest absolute Gasteiger partial charge is 0.0972 e. The highest BCUT2D eigenvalue weighted by Crippen LogP contribution is 2.41. The number of hydrogen-bond acceptors (Lipinski definition) is 2. The Morgan fingerprint density at radius 1 is 1.18 bits per heavy atom. The normalized spacial score (nSPS) is 21.8. The molecular formula is C11H11Cl4NO. The molecule has 1 aromatic carbocycles. The lowest BCUT2D eigenvalue weighted by Crippen LogP contribution is -2.29. The number of halogens is 4. The van der Waals surface area contributed by atoms with Gasteiger partial charge in [0.1, 0.15) is 0 Å². The van der Waals surface area contributed by atoms with Gasteiger partial charge in [-0.2, -0.15) is 0 Å². The first-order valence-electron chi connectivity index (χ1n) is 5.26. The zero-order valence-corrected chi connectivity index (χ0v) is 11.8. The van der Waals surface area contributed by atoms with Crippen molar-refractivity contribution in [2.24, 2.45) is 0 Å². The zero-order valence-electron chi connectivity index (χ0n) is 8.81. The molecule has 1 fully saturated rings. The highest BCUT2D eigenvalue weighted by Gasteiger charge is 2.28. The topological polar surface area (TPSA) is 32.3 Å². The second kappa shape index (κ2) is 5.52. The third-order valence-electron chi connectivity index (χ3n) is 2.92. The van der Waals surface area contributed by atoms with Gasteiger partial charge in [0.2, 0.25) is 0 Å². The highest BCUT2D eigenvalue weighted by molar-refractivity contribution is 6.49. The fraction of sp³-hybridized carbons (Fsp3) is 0.455. The maximum atomic E-state index is 10.3. The van der Waals surface area contributed by atoms with Crippen LogP contribution in [0.25, 0.3) is 0 Å². The fourth-order valence-electron chi connectivity index (χ4n) is 2.03. The zero-order chi connectivity index (χ0) is 12.6. The van der Waals surface area contributed by atoms with Crippen LogP contribution in [0.2, 0.25) is 20.1 Å². The quantitative estimate of drug-likeness (QED) is 0.636. The molecule has 2 N–H and O–H groups in total. The van der Waals surface area contributed by atoms with Crippen LogP contribution in [-0.4, -0.2) is 17.7 Å². The molecule has 0 saturated carbocycles. The van der Waals surface area contributed by atoms with E-state index in [0.29, 0.717) is 10.6 Å². The van der Waals surface area contributed by atoms with Gasteiger partial charge >= 0.3 is 0 Å². The largest absolute Gasteiger partial charge is 0.387 e. The lowest BCUT2D eigenvalue weighted by Gasteiger charge is -2.21. The van der Waals surface area contributed by atoms with Crippen LogP contribution in [0, 0.1) is 0 Å². The van der Waals surface area contributed by atoms with Gasteiger partial charge in [0.15, 0.2) is 0 Å². The average Bonchev–Trinajstić information content (AvgIpc) is 2.79. The molecule has 1 saturated heterocycles. The van der Waals surface area contributed by atoms with Gasteiger partial charge in [0.25, 0.3) is 0 Å². The van der Waals surface area contributed by atoms with Crippen LogP contribution in [-0.2, 0) is 0 Å². The summed E-state index contributed by atoms with van der Waals surface area (Å²) in [5, 5.41) is 14.5. The summed E-state index contributed by atoms with van der Waals surface area (Å²) in [5.74, 6) is 0. The number of rotatable bonds is 2. The van der Waals surface area contributed by atoms with E-state index in [1.54, 1.807) is 0 Å². The van der Waals surface area contributed by atoms with Gasteiger partial charge in [0.05, 0.1) is 21.2 Å². The first-order chi connectivity index (χ1) is 8.02. The monoisotopic (exact) mass is 313 g/mol. The van der Waals surface area contributed by atoms with Crippen molar-refractivity contribution >= 4 is 46.4 Å². The van der Waals surface area contributed by atoms with E-state index in [1.165, 1.54) is 6.07 Å². The molecule has 0 bridgehead atoms. The Bertz CT molecular complexity index is 432. The molecule has 1 aromatic rings. The predicted octanol–water partition coefficient (Wildman–Crippen LogP) is 4.09. The van der Waals surface area contributed by atoms with E-state index in [0.717, 1.165) is 19.4 Å².